The number of pyridine rings is 1. The van der Waals surface area contributed by atoms with E-state index in [1.54, 1.807) is 6.20 Å². The summed E-state index contributed by atoms with van der Waals surface area (Å²) in [5.74, 6) is -0.0709. The fourth-order valence-corrected chi connectivity index (χ4v) is 3.22. The lowest BCUT2D eigenvalue weighted by Gasteiger charge is -2.09. The molecule has 1 aromatic heterocycles. The Hall–Kier alpha value is -3.20. The van der Waals surface area contributed by atoms with Gasteiger partial charge in [-0.05, 0) is 53.9 Å². The number of nitrogens with zero attached hydrogens (tertiary/aromatic N) is 1. The maximum absolute atomic E-state index is 11.7. The molecule has 0 aliphatic heterocycles. The Labute approximate surface area is 146 Å². The van der Waals surface area contributed by atoms with Crippen LogP contribution in [0.3, 0.4) is 0 Å². The third-order valence-electron chi connectivity index (χ3n) is 4.62. The van der Waals surface area contributed by atoms with Crippen LogP contribution in [0.1, 0.15) is 22.8 Å². The number of hydrogen-bond acceptors (Lipinski definition) is 3. The van der Waals surface area contributed by atoms with Gasteiger partial charge in [-0.3, -0.25) is 9.78 Å². The Morgan fingerprint density at radius 1 is 0.920 bits per heavy atom. The van der Waals surface area contributed by atoms with E-state index in [2.05, 4.69) is 48.3 Å². The van der Waals surface area contributed by atoms with Gasteiger partial charge in [0, 0.05) is 11.6 Å². The van der Waals surface area contributed by atoms with E-state index in [1.807, 2.05) is 18.2 Å². The first-order chi connectivity index (χ1) is 12.0. The molecule has 0 spiro atoms. The van der Waals surface area contributed by atoms with Gasteiger partial charge in [0.05, 0.1) is 16.8 Å². The van der Waals surface area contributed by atoms with Crippen LogP contribution >= 0.6 is 0 Å². The van der Waals surface area contributed by atoms with Crippen LogP contribution in [0, 0.1) is 6.92 Å². The molecule has 3 nitrogen and oxygen atoms in total. The van der Waals surface area contributed by atoms with Gasteiger partial charge in [-0.2, -0.15) is 0 Å². The van der Waals surface area contributed by atoms with Crippen molar-refractivity contribution in [2.75, 3.05) is 5.73 Å². The minimum atomic E-state index is -0.0709. The number of carbonyl (C=O) groups excluding carboxylic acids is 1. The van der Waals surface area contributed by atoms with Crippen molar-refractivity contribution in [1.82, 2.24) is 4.98 Å². The maximum Gasteiger partial charge on any atom is 0.163 e. The van der Waals surface area contributed by atoms with Crippen molar-refractivity contribution in [2.24, 2.45) is 0 Å². The number of nitrogens with two attached hydrogens (primary N) is 1. The predicted octanol–water partition coefficient (Wildman–Crippen LogP) is 5.15. The van der Waals surface area contributed by atoms with Crippen LogP contribution in [0.5, 0.6) is 0 Å². The van der Waals surface area contributed by atoms with Gasteiger partial charge < -0.3 is 5.73 Å². The Balaban J connectivity index is 1.90. The molecule has 0 aliphatic carbocycles. The first-order valence-electron chi connectivity index (χ1n) is 8.23. The van der Waals surface area contributed by atoms with Crippen LogP contribution in [0.4, 0.5) is 5.69 Å². The third-order valence-corrected chi connectivity index (χ3v) is 4.62. The molecule has 0 radical (unpaired) electrons. The summed E-state index contributed by atoms with van der Waals surface area (Å²) in [6.45, 7) is 3.60. The highest BCUT2D eigenvalue weighted by Crippen LogP contribution is 2.30. The molecule has 0 saturated carbocycles. The number of ketones is 1. The van der Waals surface area contributed by atoms with Crippen LogP contribution in [0.25, 0.3) is 32.8 Å². The zero-order valence-corrected chi connectivity index (χ0v) is 14.2. The number of fused-ring (bicyclic) bond motifs is 2. The van der Waals surface area contributed by atoms with Gasteiger partial charge in [-0.1, -0.05) is 42.0 Å². The number of nitrogen functional groups attached to an aromatic ring is 1. The molecule has 4 rings (SSSR count). The van der Waals surface area contributed by atoms with E-state index in [4.69, 9.17) is 5.73 Å². The number of anilines is 1. The third kappa shape index (κ3) is 2.64. The smallest absolute Gasteiger partial charge is 0.163 e. The second kappa shape index (κ2) is 5.71. The van der Waals surface area contributed by atoms with E-state index in [9.17, 15) is 4.79 Å². The van der Waals surface area contributed by atoms with Crippen molar-refractivity contribution < 1.29 is 4.79 Å². The predicted molar refractivity (Wildman–Crippen MR) is 104 cm³/mol. The molecule has 25 heavy (non-hydrogen) atoms. The molecule has 0 fully saturated rings. The molecule has 3 heteroatoms. The minimum absolute atomic E-state index is 0.0709. The van der Waals surface area contributed by atoms with E-state index in [1.165, 1.54) is 23.3 Å². The molecule has 122 valence electrons. The van der Waals surface area contributed by atoms with Gasteiger partial charge in [-0.25, -0.2) is 0 Å². The molecular weight excluding hydrogens is 308 g/mol. The second-order valence-electron chi connectivity index (χ2n) is 6.44. The zero-order chi connectivity index (χ0) is 17.6. The average Bonchev–Trinajstić information content (AvgIpc) is 2.61. The largest absolute Gasteiger partial charge is 0.398 e. The zero-order valence-electron chi connectivity index (χ0n) is 14.2. The van der Waals surface area contributed by atoms with Crippen LogP contribution in [0.15, 0.2) is 60.8 Å². The number of benzene rings is 3. The summed E-state index contributed by atoms with van der Waals surface area (Å²) < 4.78 is 0. The maximum atomic E-state index is 11.7. The van der Waals surface area contributed by atoms with Gasteiger partial charge in [0.15, 0.2) is 5.78 Å². The number of aromatic nitrogens is 1. The lowest BCUT2D eigenvalue weighted by atomic mass is 9.98. The fourth-order valence-electron chi connectivity index (χ4n) is 3.22. The van der Waals surface area contributed by atoms with Gasteiger partial charge in [-0.15, -0.1) is 0 Å². The van der Waals surface area contributed by atoms with Crippen molar-refractivity contribution in [2.45, 2.75) is 13.8 Å². The van der Waals surface area contributed by atoms with Crippen LogP contribution in [0.2, 0.25) is 0 Å². The highest BCUT2D eigenvalue weighted by atomic mass is 16.1. The fraction of sp³-hybridized carbons (Fsp3) is 0.0909. The summed E-state index contributed by atoms with van der Waals surface area (Å²) in [6, 6.07) is 18.9. The molecule has 0 saturated heterocycles. The molecule has 0 atom stereocenters. The number of Topliss-reactive ketones (excluding diaryl/α,β-unsaturated/α-hetero) is 1. The number of aryl methyl sites for hydroxylation is 1. The average molecular weight is 326 g/mol. The molecule has 0 amide bonds. The molecule has 3 aromatic carbocycles. The second-order valence-corrected chi connectivity index (χ2v) is 6.44. The quantitative estimate of drug-likeness (QED) is 0.518. The van der Waals surface area contributed by atoms with Crippen molar-refractivity contribution >= 4 is 33.1 Å². The van der Waals surface area contributed by atoms with Gasteiger partial charge in [0.1, 0.15) is 0 Å². The van der Waals surface area contributed by atoms with E-state index < -0.39 is 0 Å². The summed E-state index contributed by atoms with van der Waals surface area (Å²) in [5, 5.41) is 3.24. The molecule has 0 aliphatic rings. The highest BCUT2D eigenvalue weighted by molar-refractivity contribution is 6.07. The van der Waals surface area contributed by atoms with Gasteiger partial charge in [0.25, 0.3) is 0 Å². The summed E-state index contributed by atoms with van der Waals surface area (Å²) in [6.07, 6.45) is 1.55. The first-order valence-corrected chi connectivity index (χ1v) is 8.23. The molecule has 1 heterocycles. The normalized spacial score (nSPS) is 11.1. The lowest BCUT2D eigenvalue weighted by Crippen LogP contribution is -2.01. The number of hydrogen-bond donors (Lipinski definition) is 1. The van der Waals surface area contributed by atoms with E-state index in [0.29, 0.717) is 11.3 Å². The molecule has 2 N–H and O–H groups in total. The SMILES string of the molecule is CC(=O)c1cnc2ccc(-c3ccc4cc(C)ccc4c3)cc2c1N. The Morgan fingerprint density at radius 3 is 2.40 bits per heavy atom. The molecule has 4 aromatic rings. The summed E-state index contributed by atoms with van der Waals surface area (Å²) in [7, 11) is 0. The Kier molecular flexibility index (Phi) is 3.50. The summed E-state index contributed by atoms with van der Waals surface area (Å²) in [4.78, 5) is 16.1. The van der Waals surface area contributed by atoms with Crippen LogP contribution < -0.4 is 5.73 Å². The highest BCUT2D eigenvalue weighted by Gasteiger charge is 2.11. The van der Waals surface area contributed by atoms with E-state index in [0.717, 1.165) is 22.0 Å². The van der Waals surface area contributed by atoms with Crippen LogP contribution in [-0.4, -0.2) is 10.8 Å². The van der Waals surface area contributed by atoms with Crippen LogP contribution in [-0.2, 0) is 0 Å². The van der Waals surface area contributed by atoms with Crippen molar-refractivity contribution in [3.05, 3.63) is 71.9 Å². The topological polar surface area (TPSA) is 56.0 Å². The number of rotatable bonds is 2. The summed E-state index contributed by atoms with van der Waals surface area (Å²) in [5.41, 5.74) is 11.4. The van der Waals surface area contributed by atoms with E-state index >= 15 is 0 Å². The van der Waals surface area contributed by atoms with E-state index in [-0.39, 0.29) is 5.78 Å². The van der Waals surface area contributed by atoms with Crippen molar-refractivity contribution in [3.63, 3.8) is 0 Å². The molecular formula is C22H18N2O. The molecule has 0 bridgehead atoms. The monoisotopic (exact) mass is 326 g/mol. The Morgan fingerprint density at radius 2 is 1.60 bits per heavy atom. The van der Waals surface area contributed by atoms with Gasteiger partial charge in [0.2, 0.25) is 0 Å². The minimum Gasteiger partial charge on any atom is -0.398 e. The van der Waals surface area contributed by atoms with Crippen molar-refractivity contribution in [3.8, 4) is 11.1 Å². The lowest BCUT2D eigenvalue weighted by molar-refractivity contribution is 0.101. The summed E-state index contributed by atoms with van der Waals surface area (Å²) >= 11 is 0. The Bertz CT molecular complexity index is 1150. The van der Waals surface area contributed by atoms with Gasteiger partial charge >= 0.3 is 0 Å². The van der Waals surface area contributed by atoms with Crippen molar-refractivity contribution in [1.29, 1.82) is 0 Å². The standard InChI is InChI=1S/C22H18N2O/c1-13-3-4-16-10-17(6-5-15(16)9-13)18-7-8-21-19(11-18)22(23)20(12-24-21)14(2)25/h3-12H,1-2H3,(H2,23,24). The molecule has 0 unspecified atom stereocenters. The first kappa shape index (κ1) is 15.3. The number of carbonyl (C=O) groups is 1.